The Balaban J connectivity index is 2.61. The minimum Gasteiger partial charge on any atom is -0.440 e. The van der Waals surface area contributed by atoms with Gasteiger partial charge in [-0.05, 0) is 5.56 Å². The molecule has 1 aromatic rings. The van der Waals surface area contributed by atoms with Crippen LogP contribution in [0.2, 0.25) is 0 Å². The third-order valence-corrected chi connectivity index (χ3v) is 1.15. The number of benzene rings is 1. The Hall–Kier alpha value is -0.755. The summed E-state index contributed by atoms with van der Waals surface area (Å²) >= 11 is 0. The Morgan fingerprint density at radius 3 is 2.44 bits per heavy atom. The van der Waals surface area contributed by atoms with Crippen molar-refractivity contribution in [2.45, 2.75) is 6.61 Å². The summed E-state index contributed by atoms with van der Waals surface area (Å²) in [7, 11) is 1.70. The lowest BCUT2D eigenvalue weighted by atomic mass is 10.2. The van der Waals surface area contributed by atoms with Crippen LogP contribution in [0.25, 0.3) is 0 Å². The molecule has 9 heavy (non-hydrogen) atoms. The van der Waals surface area contributed by atoms with Gasteiger partial charge in [0.05, 0.1) is 6.61 Å². The van der Waals surface area contributed by atoms with Gasteiger partial charge in [-0.3, -0.25) is 0 Å². The molecule has 0 fully saturated rings. The Kier molecular flexibility index (Phi) is 2.34. The Labute approximate surface area is 56.1 Å². The van der Waals surface area contributed by atoms with Crippen molar-refractivity contribution < 1.29 is 4.65 Å². The Morgan fingerprint density at radius 1 is 1.22 bits per heavy atom. The van der Waals surface area contributed by atoms with Crippen molar-refractivity contribution in [3.05, 3.63) is 35.9 Å². The Bertz CT molecular complexity index is 162. The second kappa shape index (κ2) is 3.31. The fraction of sp³-hybridized carbons (Fsp3) is 0.143. The summed E-state index contributed by atoms with van der Waals surface area (Å²) in [4.78, 5) is 0. The first kappa shape index (κ1) is 6.37. The quantitative estimate of drug-likeness (QED) is 0.523. The van der Waals surface area contributed by atoms with E-state index in [0.29, 0.717) is 6.61 Å². The molecule has 0 radical (unpaired) electrons. The third kappa shape index (κ3) is 1.90. The van der Waals surface area contributed by atoms with E-state index < -0.39 is 0 Å². The molecular weight excluding hydrogens is 111 g/mol. The number of rotatable bonds is 2. The van der Waals surface area contributed by atoms with Crippen molar-refractivity contribution in [3.63, 3.8) is 0 Å². The zero-order valence-electron chi connectivity index (χ0n) is 5.50. The molecular formula is C7H9BO. The third-order valence-electron chi connectivity index (χ3n) is 1.15. The van der Waals surface area contributed by atoms with E-state index in [4.69, 9.17) is 4.65 Å². The maximum Gasteiger partial charge on any atom is 0.257 e. The lowest BCUT2D eigenvalue weighted by molar-refractivity contribution is 0.338. The summed E-state index contributed by atoms with van der Waals surface area (Å²) in [5.74, 6) is 0. The molecule has 1 aromatic carbocycles. The molecule has 0 spiro atoms. The summed E-state index contributed by atoms with van der Waals surface area (Å²) in [5.41, 5.74) is 1.22. The monoisotopic (exact) mass is 120 g/mol. The molecule has 0 amide bonds. The molecule has 0 aliphatic heterocycles. The average molecular weight is 120 g/mol. The number of hydrogen-bond donors (Lipinski definition) is 0. The second-order valence-electron chi connectivity index (χ2n) is 1.92. The minimum atomic E-state index is 0.709. The topological polar surface area (TPSA) is 9.23 Å². The molecule has 0 aliphatic rings. The van der Waals surface area contributed by atoms with E-state index in [-0.39, 0.29) is 0 Å². The fourth-order valence-corrected chi connectivity index (χ4v) is 0.741. The van der Waals surface area contributed by atoms with Crippen LogP contribution in [-0.2, 0) is 11.3 Å². The van der Waals surface area contributed by atoms with Crippen LogP contribution in [0.15, 0.2) is 30.3 Å². The zero-order chi connectivity index (χ0) is 6.53. The molecule has 0 N–H and O–H groups in total. The van der Waals surface area contributed by atoms with Gasteiger partial charge in [0.15, 0.2) is 0 Å². The van der Waals surface area contributed by atoms with Crippen LogP contribution in [0.3, 0.4) is 0 Å². The predicted molar refractivity (Wildman–Crippen MR) is 39.8 cm³/mol. The molecule has 0 bridgehead atoms. The van der Waals surface area contributed by atoms with E-state index in [1.807, 2.05) is 30.3 Å². The maximum atomic E-state index is 4.93. The van der Waals surface area contributed by atoms with E-state index in [9.17, 15) is 0 Å². The summed E-state index contributed by atoms with van der Waals surface area (Å²) in [6.07, 6.45) is 0. The molecule has 0 aliphatic carbocycles. The van der Waals surface area contributed by atoms with Crippen LogP contribution in [0.4, 0.5) is 0 Å². The first-order valence-electron chi connectivity index (χ1n) is 2.96. The summed E-state index contributed by atoms with van der Waals surface area (Å²) in [6, 6.07) is 10.1. The highest BCUT2D eigenvalue weighted by molar-refractivity contribution is 5.97. The van der Waals surface area contributed by atoms with Crippen molar-refractivity contribution in [2.75, 3.05) is 0 Å². The predicted octanol–water partition coefficient (Wildman–Crippen LogP) is 0.751. The smallest absolute Gasteiger partial charge is 0.257 e. The maximum absolute atomic E-state index is 4.93. The molecule has 1 rings (SSSR count). The molecule has 46 valence electrons. The van der Waals surface area contributed by atoms with Gasteiger partial charge >= 0.3 is 0 Å². The summed E-state index contributed by atoms with van der Waals surface area (Å²) < 4.78 is 4.93. The van der Waals surface area contributed by atoms with E-state index in [0.717, 1.165) is 0 Å². The lowest BCUT2D eigenvalue weighted by Crippen LogP contribution is -1.85. The highest BCUT2D eigenvalue weighted by Gasteiger charge is 1.84. The normalized spacial score (nSPS) is 9.33. The van der Waals surface area contributed by atoms with E-state index in [1.54, 1.807) is 8.05 Å². The van der Waals surface area contributed by atoms with Crippen LogP contribution in [0.5, 0.6) is 0 Å². The molecule has 0 saturated heterocycles. The van der Waals surface area contributed by atoms with Crippen LogP contribution in [-0.4, -0.2) is 8.05 Å². The molecule has 0 heterocycles. The van der Waals surface area contributed by atoms with Gasteiger partial charge in [0.1, 0.15) is 0 Å². The van der Waals surface area contributed by atoms with Gasteiger partial charge in [-0.15, -0.1) is 0 Å². The molecule has 0 atom stereocenters. The lowest BCUT2D eigenvalue weighted by Gasteiger charge is -1.95. The molecule has 0 saturated carbocycles. The van der Waals surface area contributed by atoms with Crippen molar-refractivity contribution in [1.29, 1.82) is 0 Å². The van der Waals surface area contributed by atoms with Gasteiger partial charge in [0.25, 0.3) is 8.05 Å². The van der Waals surface area contributed by atoms with Gasteiger partial charge < -0.3 is 4.65 Å². The minimum absolute atomic E-state index is 0.709. The molecule has 0 unspecified atom stereocenters. The standard InChI is InChI=1S/C7H9BO/c8-9-6-7-4-2-1-3-5-7/h1-5H,6,8H2. The SMILES string of the molecule is BOCc1ccccc1. The molecule has 2 heteroatoms. The largest absolute Gasteiger partial charge is 0.440 e. The van der Waals surface area contributed by atoms with Crippen LogP contribution in [0.1, 0.15) is 5.56 Å². The van der Waals surface area contributed by atoms with E-state index in [2.05, 4.69) is 0 Å². The van der Waals surface area contributed by atoms with Gasteiger partial charge in [0, 0.05) is 0 Å². The first-order valence-corrected chi connectivity index (χ1v) is 2.96. The highest BCUT2D eigenvalue weighted by Crippen LogP contribution is 1.97. The van der Waals surface area contributed by atoms with Gasteiger partial charge in [-0.2, -0.15) is 0 Å². The van der Waals surface area contributed by atoms with Gasteiger partial charge in [-0.1, -0.05) is 30.3 Å². The van der Waals surface area contributed by atoms with Gasteiger partial charge in [-0.25, -0.2) is 0 Å². The summed E-state index contributed by atoms with van der Waals surface area (Å²) in [5, 5.41) is 0. The Morgan fingerprint density at radius 2 is 1.89 bits per heavy atom. The van der Waals surface area contributed by atoms with E-state index >= 15 is 0 Å². The summed E-state index contributed by atoms with van der Waals surface area (Å²) in [6.45, 7) is 0.709. The van der Waals surface area contributed by atoms with Crippen LogP contribution >= 0.6 is 0 Å². The van der Waals surface area contributed by atoms with Crippen LogP contribution in [0, 0.1) is 0 Å². The average Bonchev–Trinajstić information content (AvgIpc) is 1.91. The van der Waals surface area contributed by atoms with Crippen molar-refractivity contribution >= 4 is 8.05 Å². The number of hydrogen-bond acceptors (Lipinski definition) is 1. The van der Waals surface area contributed by atoms with Gasteiger partial charge in [0.2, 0.25) is 0 Å². The first-order chi connectivity index (χ1) is 4.43. The molecule has 0 aromatic heterocycles. The molecule has 1 nitrogen and oxygen atoms in total. The highest BCUT2D eigenvalue weighted by atomic mass is 16.4. The second-order valence-corrected chi connectivity index (χ2v) is 1.92. The van der Waals surface area contributed by atoms with Crippen molar-refractivity contribution in [1.82, 2.24) is 0 Å². The van der Waals surface area contributed by atoms with Crippen molar-refractivity contribution in [3.8, 4) is 0 Å². The van der Waals surface area contributed by atoms with Crippen molar-refractivity contribution in [2.24, 2.45) is 0 Å². The van der Waals surface area contributed by atoms with Crippen LogP contribution < -0.4 is 0 Å². The van der Waals surface area contributed by atoms with E-state index in [1.165, 1.54) is 5.56 Å². The fourth-order valence-electron chi connectivity index (χ4n) is 0.741. The zero-order valence-corrected chi connectivity index (χ0v) is 5.50.